The molecule has 5 heteroatoms. The molecule has 3 nitrogen and oxygen atoms in total. The van der Waals surface area contributed by atoms with Crippen LogP contribution in [0.15, 0.2) is 37.0 Å². The van der Waals surface area contributed by atoms with Gasteiger partial charge >= 0.3 is 0 Å². The fourth-order valence-corrected chi connectivity index (χ4v) is 2.64. The Labute approximate surface area is 95.6 Å². The third-order valence-corrected chi connectivity index (χ3v) is 3.52. The number of hydrogen-bond acceptors (Lipinski definition) is 2. The summed E-state index contributed by atoms with van der Waals surface area (Å²) in [4.78, 5) is 3.28. The number of halogens is 2. The van der Waals surface area contributed by atoms with Gasteiger partial charge in [0.25, 0.3) is 0 Å². The molecule has 0 aromatic carbocycles. The Bertz CT molecular complexity index is 360. The van der Waals surface area contributed by atoms with Crippen molar-refractivity contribution in [3.05, 3.63) is 37.0 Å². The van der Waals surface area contributed by atoms with Gasteiger partial charge in [0.1, 0.15) is 12.7 Å². The molecule has 1 aliphatic carbocycles. The molecule has 1 aromatic rings. The van der Waals surface area contributed by atoms with E-state index in [1.54, 1.807) is 11.0 Å². The van der Waals surface area contributed by atoms with Crippen molar-refractivity contribution in [2.45, 2.75) is 5.00 Å². The monoisotopic (exact) mass is 273 g/mol. The molecule has 0 amide bonds. The van der Waals surface area contributed by atoms with Crippen LogP contribution in [0.3, 0.4) is 0 Å². The van der Waals surface area contributed by atoms with Crippen molar-refractivity contribution in [3.63, 3.8) is 0 Å². The number of nitrogens with zero attached hydrogens (tertiary/aromatic N) is 3. The van der Waals surface area contributed by atoms with Crippen LogP contribution in [0.5, 0.6) is 0 Å². The second-order valence-electron chi connectivity index (χ2n) is 3.07. The predicted octanol–water partition coefficient (Wildman–Crippen LogP) is 2.31. The zero-order valence-corrected chi connectivity index (χ0v) is 9.69. The topological polar surface area (TPSA) is 30.7 Å². The smallest absolute Gasteiger partial charge is 0.163 e. The summed E-state index contributed by atoms with van der Waals surface area (Å²) in [6.45, 7) is 0. The van der Waals surface area contributed by atoms with Gasteiger partial charge in [0, 0.05) is 11.2 Å². The zero-order chi connectivity index (χ0) is 10.0. The first-order valence-electron chi connectivity index (χ1n) is 4.23. The van der Waals surface area contributed by atoms with Crippen molar-refractivity contribution in [1.29, 1.82) is 0 Å². The molecule has 0 aliphatic heterocycles. The fourth-order valence-electron chi connectivity index (χ4n) is 1.44. The lowest BCUT2D eigenvalue weighted by Crippen LogP contribution is -2.35. The van der Waals surface area contributed by atoms with Gasteiger partial charge in [-0.2, -0.15) is 5.10 Å². The zero-order valence-electron chi connectivity index (χ0n) is 7.35. The maximum atomic E-state index is 6.50. The van der Waals surface area contributed by atoms with Crippen LogP contribution in [0.1, 0.15) is 0 Å². The highest BCUT2D eigenvalue weighted by Crippen LogP contribution is 2.36. The molecule has 1 heterocycles. The maximum Gasteiger partial charge on any atom is 0.163 e. The van der Waals surface area contributed by atoms with Crippen LogP contribution in [0.4, 0.5) is 0 Å². The van der Waals surface area contributed by atoms with E-state index in [2.05, 4.69) is 32.1 Å². The quantitative estimate of drug-likeness (QED) is 0.775. The first-order chi connectivity index (χ1) is 6.77. The van der Waals surface area contributed by atoms with Gasteiger partial charge in [0.2, 0.25) is 0 Å². The number of allylic oxidation sites excluding steroid dienone is 4. The van der Waals surface area contributed by atoms with Gasteiger partial charge in [-0.25, -0.2) is 9.67 Å². The van der Waals surface area contributed by atoms with Crippen LogP contribution < -0.4 is 0 Å². The highest BCUT2D eigenvalue weighted by atomic mass is 79.9. The van der Waals surface area contributed by atoms with E-state index in [1.165, 1.54) is 6.33 Å². The summed E-state index contributed by atoms with van der Waals surface area (Å²) in [6, 6.07) is 0. The standard InChI is InChI=1S/C9H9BrClN3/c10-5-8-3-1-2-4-9(8,11)14-7-12-6-13-14/h1-4,6-8H,5H2. The average Bonchev–Trinajstić information content (AvgIpc) is 2.72. The summed E-state index contributed by atoms with van der Waals surface area (Å²) in [5, 5.41) is 4.87. The van der Waals surface area contributed by atoms with Crippen LogP contribution in [0.25, 0.3) is 0 Å². The molecule has 0 spiro atoms. The van der Waals surface area contributed by atoms with Gasteiger partial charge in [-0.1, -0.05) is 45.8 Å². The van der Waals surface area contributed by atoms with Crippen molar-refractivity contribution in [2.75, 3.05) is 5.33 Å². The minimum absolute atomic E-state index is 0.177. The van der Waals surface area contributed by atoms with Crippen LogP contribution >= 0.6 is 27.5 Å². The summed E-state index contributed by atoms with van der Waals surface area (Å²) < 4.78 is 1.67. The lowest BCUT2D eigenvalue weighted by Gasteiger charge is -2.31. The Balaban J connectivity index is 2.39. The maximum absolute atomic E-state index is 6.50. The molecule has 0 fully saturated rings. The van der Waals surface area contributed by atoms with Crippen molar-refractivity contribution >= 4 is 27.5 Å². The van der Waals surface area contributed by atoms with E-state index in [0.717, 1.165) is 5.33 Å². The van der Waals surface area contributed by atoms with Crippen LogP contribution in [0, 0.1) is 5.92 Å². The summed E-state index contributed by atoms with van der Waals surface area (Å²) >= 11 is 9.94. The molecule has 0 bridgehead atoms. The van der Waals surface area contributed by atoms with E-state index < -0.39 is 5.00 Å². The predicted molar refractivity (Wildman–Crippen MR) is 59.4 cm³/mol. The molecule has 1 aromatic heterocycles. The molecular weight excluding hydrogens is 265 g/mol. The summed E-state index contributed by atoms with van der Waals surface area (Å²) in [7, 11) is 0. The Morgan fingerprint density at radius 2 is 2.36 bits per heavy atom. The molecule has 0 saturated carbocycles. The highest BCUT2D eigenvalue weighted by molar-refractivity contribution is 9.09. The van der Waals surface area contributed by atoms with Gasteiger partial charge in [-0.15, -0.1) is 0 Å². The Kier molecular flexibility index (Phi) is 2.74. The van der Waals surface area contributed by atoms with Gasteiger partial charge < -0.3 is 0 Å². The van der Waals surface area contributed by atoms with Crippen molar-refractivity contribution < 1.29 is 0 Å². The minimum Gasteiger partial charge on any atom is -0.227 e. The first kappa shape index (κ1) is 9.93. The molecule has 2 rings (SSSR count). The van der Waals surface area contributed by atoms with Crippen molar-refractivity contribution in [3.8, 4) is 0 Å². The highest BCUT2D eigenvalue weighted by Gasteiger charge is 2.36. The van der Waals surface area contributed by atoms with Gasteiger partial charge in [0.05, 0.1) is 0 Å². The molecule has 0 saturated heterocycles. The van der Waals surface area contributed by atoms with E-state index in [9.17, 15) is 0 Å². The molecule has 0 radical (unpaired) electrons. The third-order valence-electron chi connectivity index (χ3n) is 2.24. The van der Waals surface area contributed by atoms with E-state index in [-0.39, 0.29) is 5.92 Å². The molecular formula is C9H9BrClN3. The molecule has 0 N–H and O–H groups in total. The lowest BCUT2D eigenvalue weighted by atomic mass is 9.96. The Hall–Kier alpha value is -0.610. The van der Waals surface area contributed by atoms with Gasteiger partial charge in [0.15, 0.2) is 5.00 Å². The average molecular weight is 275 g/mol. The lowest BCUT2D eigenvalue weighted by molar-refractivity contribution is 0.389. The second-order valence-corrected chi connectivity index (χ2v) is 4.33. The number of rotatable bonds is 2. The summed E-state index contributed by atoms with van der Waals surface area (Å²) in [6.07, 6.45) is 11.0. The van der Waals surface area contributed by atoms with E-state index in [4.69, 9.17) is 11.6 Å². The van der Waals surface area contributed by atoms with E-state index in [1.807, 2.05) is 18.2 Å². The van der Waals surface area contributed by atoms with Gasteiger partial charge in [-0.3, -0.25) is 0 Å². The van der Waals surface area contributed by atoms with Crippen LogP contribution in [-0.4, -0.2) is 20.1 Å². The Morgan fingerprint density at radius 3 is 3.00 bits per heavy atom. The van der Waals surface area contributed by atoms with Crippen molar-refractivity contribution in [1.82, 2.24) is 14.8 Å². The summed E-state index contributed by atoms with van der Waals surface area (Å²) in [5.41, 5.74) is 0. The molecule has 2 atom stereocenters. The Morgan fingerprint density at radius 1 is 1.50 bits per heavy atom. The van der Waals surface area contributed by atoms with Gasteiger partial charge in [-0.05, 0) is 6.08 Å². The largest absolute Gasteiger partial charge is 0.227 e. The molecule has 1 aliphatic rings. The first-order valence-corrected chi connectivity index (χ1v) is 5.73. The molecule has 2 unspecified atom stereocenters. The van der Waals surface area contributed by atoms with E-state index >= 15 is 0 Å². The van der Waals surface area contributed by atoms with Crippen LogP contribution in [-0.2, 0) is 5.00 Å². The fraction of sp³-hybridized carbons (Fsp3) is 0.333. The minimum atomic E-state index is -0.630. The van der Waals surface area contributed by atoms with E-state index in [0.29, 0.717) is 0 Å². The normalized spacial score (nSPS) is 30.9. The number of hydrogen-bond donors (Lipinski definition) is 0. The van der Waals surface area contributed by atoms with Crippen molar-refractivity contribution in [2.24, 2.45) is 5.92 Å². The van der Waals surface area contributed by atoms with Crippen LogP contribution in [0.2, 0.25) is 0 Å². The second kappa shape index (κ2) is 3.87. The SMILES string of the molecule is ClC1(n2cncn2)C=CC=CC1CBr. The summed E-state index contributed by atoms with van der Waals surface area (Å²) in [5.74, 6) is 0.177. The molecule has 14 heavy (non-hydrogen) atoms. The molecule has 74 valence electrons. The number of aromatic nitrogens is 3. The third kappa shape index (κ3) is 1.53. The number of alkyl halides is 2.